The summed E-state index contributed by atoms with van der Waals surface area (Å²) in [5, 5.41) is 11.6. The zero-order valence-corrected chi connectivity index (χ0v) is 11.9. The number of nitrogens with zero attached hydrogens (tertiary/aromatic N) is 1. The van der Waals surface area contributed by atoms with Crippen LogP contribution in [0, 0.1) is 0 Å². The van der Waals surface area contributed by atoms with Crippen LogP contribution in [0.5, 0.6) is 0 Å². The molecule has 2 aromatic rings. The van der Waals surface area contributed by atoms with E-state index in [1.54, 1.807) is 18.2 Å². The van der Waals surface area contributed by atoms with Gasteiger partial charge in [-0.2, -0.15) is 4.90 Å². The van der Waals surface area contributed by atoms with Crippen molar-refractivity contribution in [2.45, 2.75) is 0 Å². The molecule has 0 aliphatic rings. The third-order valence-electron chi connectivity index (χ3n) is 2.74. The van der Waals surface area contributed by atoms with Crippen LogP contribution in [0.3, 0.4) is 0 Å². The number of imide groups is 2. The van der Waals surface area contributed by atoms with Gasteiger partial charge < -0.3 is 5.11 Å². The SMILES string of the molecule is O=C(NC(=O)N(C(=O)O)c1ccccc1)c1ccc(Cl)cc1. The number of amides is 4. The summed E-state index contributed by atoms with van der Waals surface area (Å²) in [6.07, 6.45) is -1.49. The number of carbonyl (C=O) groups excluding carboxylic acids is 2. The first-order chi connectivity index (χ1) is 10.5. The molecule has 0 fully saturated rings. The van der Waals surface area contributed by atoms with E-state index >= 15 is 0 Å². The molecule has 22 heavy (non-hydrogen) atoms. The molecule has 6 nitrogen and oxygen atoms in total. The zero-order chi connectivity index (χ0) is 16.1. The Morgan fingerprint density at radius 3 is 2.09 bits per heavy atom. The van der Waals surface area contributed by atoms with Crippen LogP contribution in [-0.2, 0) is 0 Å². The average Bonchev–Trinajstić information content (AvgIpc) is 2.48. The Kier molecular flexibility index (Phi) is 4.75. The Labute approximate surface area is 130 Å². The van der Waals surface area contributed by atoms with Crippen molar-refractivity contribution >= 4 is 35.3 Å². The van der Waals surface area contributed by atoms with Gasteiger partial charge in [0.15, 0.2) is 0 Å². The third-order valence-corrected chi connectivity index (χ3v) is 2.99. The first-order valence-electron chi connectivity index (χ1n) is 6.18. The zero-order valence-electron chi connectivity index (χ0n) is 11.2. The van der Waals surface area contributed by atoms with Crippen LogP contribution in [0.15, 0.2) is 54.6 Å². The Hall–Kier alpha value is -2.86. The first kappa shape index (κ1) is 15.5. The molecule has 2 rings (SSSR count). The molecular formula is C15H11ClN2O4. The highest BCUT2D eigenvalue weighted by Crippen LogP contribution is 2.14. The van der Waals surface area contributed by atoms with Crippen LogP contribution in [0.1, 0.15) is 10.4 Å². The molecule has 4 amide bonds. The fraction of sp³-hybridized carbons (Fsp3) is 0. The number of nitrogens with one attached hydrogen (secondary N) is 1. The van der Waals surface area contributed by atoms with Crippen LogP contribution >= 0.6 is 11.6 Å². The van der Waals surface area contributed by atoms with E-state index in [4.69, 9.17) is 16.7 Å². The molecule has 0 heterocycles. The molecule has 0 saturated heterocycles. The van der Waals surface area contributed by atoms with Gasteiger partial charge in [0.05, 0.1) is 5.69 Å². The molecule has 0 radical (unpaired) electrons. The molecule has 0 aromatic heterocycles. The van der Waals surface area contributed by atoms with Crippen molar-refractivity contribution < 1.29 is 19.5 Å². The van der Waals surface area contributed by atoms with E-state index in [0.717, 1.165) is 0 Å². The molecule has 0 spiro atoms. The van der Waals surface area contributed by atoms with Crippen molar-refractivity contribution in [3.63, 3.8) is 0 Å². The van der Waals surface area contributed by atoms with Crippen molar-refractivity contribution in [2.24, 2.45) is 0 Å². The van der Waals surface area contributed by atoms with Crippen molar-refractivity contribution in [1.82, 2.24) is 5.32 Å². The second kappa shape index (κ2) is 6.73. The van der Waals surface area contributed by atoms with E-state index in [-0.39, 0.29) is 11.3 Å². The summed E-state index contributed by atoms with van der Waals surface area (Å²) in [6, 6.07) is 12.5. The lowest BCUT2D eigenvalue weighted by molar-refractivity contribution is 0.0966. The summed E-state index contributed by atoms with van der Waals surface area (Å²) >= 11 is 5.71. The van der Waals surface area contributed by atoms with Gasteiger partial charge in [0.2, 0.25) is 0 Å². The molecule has 7 heteroatoms. The predicted octanol–water partition coefficient (Wildman–Crippen LogP) is 3.37. The predicted molar refractivity (Wildman–Crippen MR) is 81.3 cm³/mol. The lowest BCUT2D eigenvalue weighted by atomic mass is 10.2. The van der Waals surface area contributed by atoms with Crippen LogP contribution in [-0.4, -0.2) is 23.1 Å². The monoisotopic (exact) mass is 318 g/mol. The minimum atomic E-state index is -1.49. The largest absolute Gasteiger partial charge is 0.464 e. The summed E-state index contributed by atoms with van der Waals surface area (Å²) in [6.45, 7) is 0. The van der Waals surface area contributed by atoms with Gasteiger partial charge in [0, 0.05) is 10.6 Å². The minimum absolute atomic E-state index is 0.136. The minimum Gasteiger partial charge on any atom is -0.464 e. The number of carboxylic acid groups (broad SMARTS) is 1. The highest BCUT2D eigenvalue weighted by molar-refractivity contribution is 6.30. The molecule has 0 saturated carbocycles. The normalized spacial score (nSPS) is 9.86. The lowest BCUT2D eigenvalue weighted by Crippen LogP contribution is -2.45. The number of carbonyl (C=O) groups is 3. The maximum atomic E-state index is 12.0. The molecule has 2 aromatic carbocycles. The first-order valence-corrected chi connectivity index (χ1v) is 6.56. The number of halogens is 1. The third kappa shape index (κ3) is 3.62. The topological polar surface area (TPSA) is 86.7 Å². The second-order valence-electron chi connectivity index (χ2n) is 4.22. The Morgan fingerprint density at radius 1 is 0.955 bits per heavy atom. The molecule has 2 N–H and O–H groups in total. The van der Waals surface area contributed by atoms with E-state index in [1.807, 2.05) is 5.32 Å². The van der Waals surface area contributed by atoms with Gasteiger partial charge in [-0.1, -0.05) is 29.8 Å². The highest BCUT2D eigenvalue weighted by Gasteiger charge is 2.24. The maximum Gasteiger partial charge on any atom is 0.420 e. The van der Waals surface area contributed by atoms with Gasteiger partial charge >= 0.3 is 12.1 Å². The van der Waals surface area contributed by atoms with Crippen LogP contribution < -0.4 is 10.2 Å². The number of hydrogen-bond acceptors (Lipinski definition) is 3. The van der Waals surface area contributed by atoms with Gasteiger partial charge in [-0.3, -0.25) is 10.1 Å². The Balaban J connectivity index is 2.17. The smallest absolute Gasteiger partial charge is 0.420 e. The van der Waals surface area contributed by atoms with Crippen molar-refractivity contribution in [2.75, 3.05) is 4.90 Å². The molecular weight excluding hydrogens is 308 g/mol. The van der Waals surface area contributed by atoms with Gasteiger partial charge in [-0.25, -0.2) is 9.59 Å². The quantitative estimate of drug-likeness (QED) is 0.888. The number of para-hydroxylation sites is 1. The number of benzene rings is 2. The number of rotatable bonds is 2. The molecule has 0 aliphatic carbocycles. The van der Waals surface area contributed by atoms with Crippen LogP contribution in [0.4, 0.5) is 15.3 Å². The summed E-state index contributed by atoms with van der Waals surface area (Å²) < 4.78 is 0. The second-order valence-corrected chi connectivity index (χ2v) is 4.66. The van der Waals surface area contributed by atoms with E-state index in [9.17, 15) is 14.4 Å². The standard InChI is InChI=1S/C15H11ClN2O4/c16-11-8-6-10(7-9-11)13(19)17-14(20)18(15(21)22)12-4-2-1-3-5-12/h1-9H,(H,21,22)(H,17,19,20). The molecule has 0 unspecified atom stereocenters. The summed E-state index contributed by atoms with van der Waals surface area (Å²) in [5.41, 5.74) is 0.326. The van der Waals surface area contributed by atoms with Gasteiger partial charge in [0.25, 0.3) is 5.91 Å². The average molecular weight is 319 g/mol. The summed E-state index contributed by atoms with van der Waals surface area (Å²) in [4.78, 5) is 35.6. The van der Waals surface area contributed by atoms with E-state index in [0.29, 0.717) is 9.92 Å². The number of urea groups is 1. The van der Waals surface area contributed by atoms with Crippen LogP contribution in [0.25, 0.3) is 0 Å². The molecule has 0 atom stereocenters. The van der Waals surface area contributed by atoms with E-state index < -0.39 is 18.0 Å². The fourth-order valence-corrected chi connectivity index (χ4v) is 1.84. The maximum absolute atomic E-state index is 12.0. The Morgan fingerprint density at radius 2 is 1.55 bits per heavy atom. The summed E-state index contributed by atoms with van der Waals surface area (Å²) in [5.74, 6) is -0.719. The van der Waals surface area contributed by atoms with Gasteiger partial charge in [0.1, 0.15) is 0 Å². The van der Waals surface area contributed by atoms with Gasteiger partial charge in [-0.15, -0.1) is 0 Å². The van der Waals surface area contributed by atoms with E-state index in [2.05, 4.69) is 0 Å². The van der Waals surface area contributed by atoms with Gasteiger partial charge in [-0.05, 0) is 36.4 Å². The molecule has 112 valence electrons. The van der Waals surface area contributed by atoms with Crippen molar-refractivity contribution in [1.29, 1.82) is 0 Å². The number of anilines is 1. The lowest BCUT2D eigenvalue weighted by Gasteiger charge is -2.17. The molecule has 0 bridgehead atoms. The van der Waals surface area contributed by atoms with Crippen molar-refractivity contribution in [3.05, 3.63) is 65.2 Å². The highest BCUT2D eigenvalue weighted by atomic mass is 35.5. The fourth-order valence-electron chi connectivity index (χ4n) is 1.72. The summed E-state index contributed by atoms with van der Waals surface area (Å²) in [7, 11) is 0. The Bertz CT molecular complexity index is 701. The van der Waals surface area contributed by atoms with E-state index in [1.165, 1.54) is 36.4 Å². The van der Waals surface area contributed by atoms with Crippen LogP contribution in [0.2, 0.25) is 5.02 Å². The number of hydrogen-bond donors (Lipinski definition) is 2. The molecule has 0 aliphatic heterocycles. The van der Waals surface area contributed by atoms with Crippen molar-refractivity contribution in [3.8, 4) is 0 Å².